The van der Waals surface area contributed by atoms with Gasteiger partial charge in [0.2, 0.25) is 0 Å². The summed E-state index contributed by atoms with van der Waals surface area (Å²) in [6, 6.07) is 11.3. The number of ether oxygens (including phenoxy) is 2. The first-order valence-corrected chi connectivity index (χ1v) is 8.10. The number of benzene rings is 1. The predicted molar refractivity (Wildman–Crippen MR) is 91.9 cm³/mol. The Kier molecular flexibility index (Phi) is 5.28. The molecular weight excluding hydrogens is 306 g/mol. The SMILES string of the molecule is CCOc1ccccc1Nc1ccc(C(=O)N2CCOCC2)nc1. The largest absolute Gasteiger partial charge is 0.492 e. The maximum absolute atomic E-state index is 12.4. The third kappa shape index (κ3) is 3.83. The van der Waals surface area contributed by atoms with Crippen LogP contribution in [0.4, 0.5) is 11.4 Å². The average Bonchev–Trinajstić information content (AvgIpc) is 2.64. The minimum Gasteiger partial charge on any atom is -0.492 e. The van der Waals surface area contributed by atoms with Crippen LogP contribution in [0.25, 0.3) is 0 Å². The van der Waals surface area contributed by atoms with Gasteiger partial charge in [-0.1, -0.05) is 12.1 Å². The Bertz CT molecular complexity index is 682. The molecule has 1 N–H and O–H groups in total. The quantitative estimate of drug-likeness (QED) is 0.915. The van der Waals surface area contributed by atoms with Crippen LogP contribution < -0.4 is 10.1 Å². The van der Waals surface area contributed by atoms with Crippen molar-refractivity contribution >= 4 is 17.3 Å². The Balaban J connectivity index is 1.69. The van der Waals surface area contributed by atoms with Crippen molar-refractivity contribution in [2.75, 3.05) is 38.2 Å². The number of hydrogen-bond donors (Lipinski definition) is 1. The van der Waals surface area contributed by atoms with Crippen molar-refractivity contribution in [3.63, 3.8) is 0 Å². The van der Waals surface area contributed by atoms with Crippen LogP contribution in [-0.4, -0.2) is 48.7 Å². The molecule has 0 saturated carbocycles. The second kappa shape index (κ2) is 7.79. The van der Waals surface area contributed by atoms with Gasteiger partial charge in [0.05, 0.1) is 37.4 Å². The highest BCUT2D eigenvalue weighted by atomic mass is 16.5. The topological polar surface area (TPSA) is 63.7 Å². The zero-order valence-electron chi connectivity index (χ0n) is 13.7. The normalized spacial score (nSPS) is 14.3. The fourth-order valence-corrected chi connectivity index (χ4v) is 2.53. The molecule has 0 bridgehead atoms. The molecule has 6 nitrogen and oxygen atoms in total. The smallest absolute Gasteiger partial charge is 0.272 e. The lowest BCUT2D eigenvalue weighted by Gasteiger charge is -2.26. The highest BCUT2D eigenvalue weighted by molar-refractivity contribution is 5.92. The zero-order valence-corrected chi connectivity index (χ0v) is 13.7. The molecule has 126 valence electrons. The number of nitrogens with one attached hydrogen (secondary N) is 1. The summed E-state index contributed by atoms with van der Waals surface area (Å²) >= 11 is 0. The molecule has 24 heavy (non-hydrogen) atoms. The summed E-state index contributed by atoms with van der Waals surface area (Å²) in [4.78, 5) is 18.4. The monoisotopic (exact) mass is 327 g/mol. The molecule has 0 unspecified atom stereocenters. The van der Waals surface area contributed by atoms with Crippen LogP contribution in [-0.2, 0) is 4.74 Å². The first-order valence-electron chi connectivity index (χ1n) is 8.10. The number of amides is 1. The number of rotatable bonds is 5. The molecule has 1 aliphatic rings. The molecule has 0 radical (unpaired) electrons. The van der Waals surface area contributed by atoms with Gasteiger partial charge in [0.15, 0.2) is 0 Å². The molecule has 6 heteroatoms. The van der Waals surface area contributed by atoms with E-state index < -0.39 is 0 Å². The predicted octanol–water partition coefficient (Wildman–Crippen LogP) is 2.70. The average molecular weight is 327 g/mol. The lowest BCUT2D eigenvalue weighted by Crippen LogP contribution is -2.41. The highest BCUT2D eigenvalue weighted by Gasteiger charge is 2.19. The second-order valence-electron chi connectivity index (χ2n) is 5.39. The summed E-state index contributed by atoms with van der Waals surface area (Å²) in [6.45, 7) is 4.94. The molecule has 1 aromatic carbocycles. The molecule has 1 aromatic heterocycles. The number of para-hydroxylation sites is 2. The first-order chi connectivity index (χ1) is 11.8. The van der Waals surface area contributed by atoms with E-state index in [0.29, 0.717) is 38.6 Å². The van der Waals surface area contributed by atoms with E-state index in [1.165, 1.54) is 0 Å². The van der Waals surface area contributed by atoms with Gasteiger partial charge in [0, 0.05) is 13.1 Å². The molecule has 1 amide bonds. The zero-order chi connectivity index (χ0) is 16.8. The van der Waals surface area contributed by atoms with E-state index >= 15 is 0 Å². The summed E-state index contributed by atoms with van der Waals surface area (Å²) in [7, 11) is 0. The molecule has 2 aromatic rings. The Labute approximate surface area is 141 Å². The summed E-state index contributed by atoms with van der Waals surface area (Å²) in [5.41, 5.74) is 2.12. The van der Waals surface area contributed by atoms with Crippen molar-refractivity contribution in [1.29, 1.82) is 0 Å². The Morgan fingerprint density at radius 1 is 1.25 bits per heavy atom. The number of carbonyl (C=O) groups is 1. The highest BCUT2D eigenvalue weighted by Crippen LogP contribution is 2.27. The van der Waals surface area contributed by atoms with Gasteiger partial charge in [0.1, 0.15) is 11.4 Å². The third-order valence-electron chi connectivity index (χ3n) is 3.75. The molecule has 1 fully saturated rings. The lowest BCUT2D eigenvalue weighted by atomic mass is 10.2. The maximum Gasteiger partial charge on any atom is 0.272 e. The van der Waals surface area contributed by atoms with Crippen molar-refractivity contribution in [3.8, 4) is 5.75 Å². The number of morpholine rings is 1. The van der Waals surface area contributed by atoms with E-state index in [4.69, 9.17) is 9.47 Å². The van der Waals surface area contributed by atoms with Crippen LogP contribution in [0.15, 0.2) is 42.6 Å². The maximum atomic E-state index is 12.4. The van der Waals surface area contributed by atoms with Crippen LogP contribution in [0, 0.1) is 0 Å². The number of carbonyl (C=O) groups excluding carboxylic acids is 1. The van der Waals surface area contributed by atoms with Gasteiger partial charge in [-0.05, 0) is 31.2 Å². The summed E-state index contributed by atoms with van der Waals surface area (Å²) in [5.74, 6) is 0.730. The van der Waals surface area contributed by atoms with Gasteiger partial charge >= 0.3 is 0 Å². The van der Waals surface area contributed by atoms with Crippen LogP contribution in [0.3, 0.4) is 0 Å². The number of nitrogens with zero attached hydrogens (tertiary/aromatic N) is 2. The fraction of sp³-hybridized carbons (Fsp3) is 0.333. The van der Waals surface area contributed by atoms with Gasteiger partial charge in [-0.2, -0.15) is 0 Å². The lowest BCUT2D eigenvalue weighted by molar-refractivity contribution is 0.0299. The number of pyridine rings is 1. The standard InChI is InChI=1S/C18H21N3O3/c1-2-24-17-6-4-3-5-15(17)20-14-7-8-16(19-13-14)18(22)21-9-11-23-12-10-21/h3-8,13,20H,2,9-12H2,1H3. The molecule has 0 aliphatic carbocycles. The van der Waals surface area contributed by atoms with Crippen molar-refractivity contribution < 1.29 is 14.3 Å². The Morgan fingerprint density at radius 2 is 2.04 bits per heavy atom. The van der Waals surface area contributed by atoms with Crippen molar-refractivity contribution in [3.05, 3.63) is 48.3 Å². The van der Waals surface area contributed by atoms with E-state index in [0.717, 1.165) is 17.1 Å². The number of anilines is 2. The van der Waals surface area contributed by atoms with Crippen LogP contribution in [0.5, 0.6) is 5.75 Å². The molecular formula is C18H21N3O3. The summed E-state index contributed by atoms with van der Waals surface area (Å²) < 4.78 is 10.9. The number of aromatic nitrogens is 1. The Hall–Kier alpha value is -2.60. The van der Waals surface area contributed by atoms with E-state index in [2.05, 4.69) is 10.3 Å². The van der Waals surface area contributed by atoms with Crippen LogP contribution in [0.1, 0.15) is 17.4 Å². The van der Waals surface area contributed by atoms with Crippen LogP contribution in [0.2, 0.25) is 0 Å². The van der Waals surface area contributed by atoms with Crippen molar-refractivity contribution in [1.82, 2.24) is 9.88 Å². The van der Waals surface area contributed by atoms with Gasteiger partial charge in [0.25, 0.3) is 5.91 Å². The molecule has 1 saturated heterocycles. The first kappa shape index (κ1) is 16.3. The summed E-state index contributed by atoms with van der Waals surface area (Å²) in [5, 5.41) is 3.27. The van der Waals surface area contributed by atoms with Crippen molar-refractivity contribution in [2.45, 2.75) is 6.92 Å². The molecule has 0 spiro atoms. The van der Waals surface area contributed by atoms with Gasteiger partial charge in [-0.25, -0.2) is 4.98 Å². The van der Waals surface area contributed by atoms with E-state index in [1.807, 2.05) is 37.3 Å². The molecule has 3 rings (SSSR count). The molecule has 1 aliphatic heterocycles. The Morgan fingerprint density at radius 3 is 2.75 bits per heavy atom. The molecule has 2 heterocycles. The minimum atomic E-state index is -0.0560. The fourth-order valence-electron chi connectivity index (χ4n) is 2.53. The van der Waals surface area contributed by atoms with E-state index in [1.54, 1.807) is 17.2 Å². The number of hydrogen-bond acceptors (Lipinski definition) is 5. The van der Waals surface area contributed by atoms with E-state index in [-0.39, 0.29) is 5.91 Å². The van der Waals surface area contributed by atoms with Gasteiger partial charge in [-0.3, -0.25) is 4.79 Å². The van der Waals surface area contributed by atoms with Gasteiger partial charge in [-0.15, -0.1) is 0 Å². The van der Waals surface area contributed by atoms with Crippen LogP contribution >= 0.6 is 0 Å². The van der Waals surface area contributed by atoms with Crippen molar-refractivity contribution in [2.24, 2.45) is 0 Å². The summed E-state index contributed by atoms with van der Waals surface area (Å²) in [6.07, 6.45) is 1.66. The van der Waals surface area contributed by atoms with Gasteiger partial charge < -0.3 is 19.7 Å². The third-order valence-corrected chi connectivity index (χ3v) is 3.75. The van der Waals surface area contributed by atoms with E-state index in [9.17, 15) is 4.79 Å². The molecule has 0 atom stereocenters. The second-order valence-corrected chi connectivity index (χ2v) is 5.39. The minimum absolute atomic E-state index is 0.0560.